The maximum atomic E-state index is 3.97. The Morgan fingerprint density at radius 2 is 2.30 bits per heavy atom. The van der Waals surface area contributed by atoms with Gasteiger partial charge in [-0.2, -0.15) is 4.37 Å². The van der Waals surface area contributed by atoms with E-state index in [4.69, 9.17) is 0 Å². The van der Waals surface area contributed by atoms with E-state index in [0.717, 1.165) is 5.82 Å². The molecule has 0 saturated carbocycles. The molecule has 1 heterocycles. The standard InChI is InChI=1S/C4H5N3S3/c1-2-5-3(10-7-2)6-4(8)9/h1H3,(H2,5,6,7,8,9). The average molecular weight is 191 g/mol. The van der Waals surface area contributed by atoms with Crippen molar-refractivity contribution < 1.29 is 0 Å². The highest BCUT2D eigenvalue weighted by atomic mass is 32.2. The van der Waals surface area contributed by atoms with E-state index in [0.29, 0.717) is 9.51 Å². The first-order valence-corrected chi connectivity index (χ1v) is 4.12. The summed E-state index contributed by atoms with van der Waals surface area (Å²) in [6.45, 7) is 1.81. The summed E-state index contributed by atoms with van der Waals surface area (Å²) in [6, 6.07) is 0. The van der Waals surface area contributed by atoms with Gasteiger partial charge in [0.05, 0.1) is 0 Å². The Morgan fingerprint density at radius 1 is 1.60 bits per heavy atom. The molecule has 0 aliphatic carbocycles. The second kappa shape index (κ2) is 3.36. The molecule has 0 aliphatic heterocycles. The molecule has 0 saturated heterocycles. The summed E-state index contributed by atoms with van der Waals surface area (Å²) in [5, 5.41) is 0.595. The topological polar surface area (TPSA) is 38.1 Å². The van der Waals surface area contributed by atoms with E-state index in [1.54, 1.807) is 0 Å². The van der Waals surface area contributed by atoms with Crippen LogP contribution < -0.4 is 0 Å². The van der Waals surface area contributed by atoms with Crippen LogP contribution in [0.5, 0.6) is 0 Å². The molecule has 0 amide bonds. The van der Waals surface area contributed by atoms with Gasteiger partial charge >= 0.3 is 0 Å². The first kappa shape index (κ1) is 8.03. The smallest absolute Gasteiger partial charge is 0.205 e. The largest absolute Gasteiger partial charge is 0.230 e. The lowest BCUT2D eigenvalue weighted by Gasteiger charge is -1.80. The van der Waals surface area contributed by atoms with Crippen LogP contribution in [0.15, 0.2) is 4.99 Å². The number of hydrogen-bond acceptors (Lipinski definition) is 4. The molecule has 0 bridgehead atoms. The number of aryl methyl sites for hydroxylation is 1. The molecular weight excluding hydrogens is 186 g/mol. The molecule has 0 spiro atoms. The summed E-state index contributed by atoms with van der Waals surface area (Å²) in [6.07, 6.45) is 0. The SMILES string of the molecule is Cc1nsc(N=C(S)S)n1. The molecule has 0 aromatic carbocycles. The molecule has 0 N–H and O–H groups in total. The number of aromatic nitrogens is 2. The molecule has 1 aromatic rings. The Balaban J connectivity index is 2.86. The zero-order valence-electron chi connectivity index (χ0n) is 5.14. The van der Waals surface area contributed by atoms with Gasteiger partial charge in [0.25, 0.3) is 0 Å². The number of rotatable bonds is 1. The Morgan fingerprint density at radius 3 is 2.70 bits per heavy atom. The Labute approximate surface area is 73.6 Å². The van der Waals surface area contributed by atoms with E-state index in [9.17, 15) is 0 Å². The lowest BCUT2D eigenvalue weighted by atomic mass is 10.8. The monoisotopic (exact) mass is 191 g/mol. The van der Waals surface area contributed by atoms with Gasteiger partial charge in [0.2, 0.25) is 5.13 Å². The summed E-state index contributed by atoms with van der Waals surface area (Å²) >= 11 is 8.98. The molecule has 1 aromatic heterocycles. The van der Waals surface area contributed by atoms with Crippen LogP contribution in [0.3, 0.4) is 0 Å². The van der Waals surface area contributed by atoms with Crippen LogP contribution in [-0.4, -0.2) is 13.7 Å². The van der Waals surface area contributed by atoms with E-state index < -0.39 is 0 Å². The fourth-order valence-corrected chi connectivity index (χ4v) is 1.30. The van der Waals surface area contributed by atoms with Gasteiger partial charge in [-0.25, -0.2) is 9.98 Å². The summed E-state index contributed by atoms with van der Waals surface area (Å²) < 4.78 is 4.32. The van der Waals surface area contributed by atoms with Crippen molar-refractivity contribution in [1.29, 1.82) is 0 Å². The van der Waals surface area contributed by atoms with Crippen molar-refractivity contribution in [2.45, 2.75) is 6.92 Å². The highest BCUT2D eigenvalue weighted by molar-refractivity contribution is 8.23. The molecule has 3 nitrogen and oxygen atoms in total. The lowest BCUT2D eigenvalue weighted by molar-refractivity contribution is 1.16. The molecular formula is C4H5N3S3. The van der Waals surface area contributed by atoms with Gasteiger partial charge < -0.3 is 0 Å². The average Bonchev–Trinajstić information content (AvgIpc) is 2.13. The van der Waals surface area contributed by atoms with Crippen LogP contribution in [0.4, 0.5) is 5.13 Å². The highest BCUT2D eigenvalue weighted by Crippen LogP contribution is 2.15. The number of hydrogen-bond donors (Lipinski definition) is 2. The van der Waals surface area contributed by atoms with Crippen molar-refractivity contribution in [3.63, 3.8) is 0 Å². The Hall–Kier alpha value is -0.0700. The summed E-state index contributed by atoms with van der Waals surface area (Å²) in [5.74, 6) is 0.728. The molecule has 0 atom stereocenters. The maximum absolute atomic E-state index is 3.97. The molecule has 1 rings (SSSR count). The van der Waals surface area contributed by atoms with Crippen molar-refractivity contribution in [2.24, 2.45) is 4.99 Å². The van der Waals surface area contributed by atoms with Crippen LogP contribution in [-0.2, 0) is 0 Å². The first-order chi connectivity index (χ1) is 4.68. The van der Waals surface area contributed by atoms with E-state index >= 15 is 0 Å². The minimum Gasteiger partial charge on any atom is -0.205 e. The number of nitrogens with zero attached hydrogens (tertiary/aromatic N) is 3. The third kappa shape index (κ3) is 2.28. The maximum Gasteiger partial charge on any atom is 0.230 e. The summed E-state index contributed by atoms with van der Waals surface area (Å²) in [5.41, 5.74) is 0. The van der Waals surface area contributed by atoms with Crippen molar-refractivity contribution in [3.05, 3.63) is 5.82 Å². The van der Waals surface area contributed by atoms with Crippen LogP contribution in [0.25, 0.3) is 0 Å². The van der Waals surface area contributed by atoms with Gasteiger partial charge in [-0.05, 0) is 6.92 Å². The van der Waals surface area contributed by atoms with Gasteiger partial charge in [-0.15, -0.1) is 25.3 Å². The zero-order chi connectivity index (χ0) is 7.56. The zero-order valence-corrected chi connectivity index (χ0v) is 7.75. The number of thiol groups is 2. The third-order valence-corrected chi connectivity index (χ3v) is 1.61. The van der Waals surface area contributed by atoms with Crippen molar-refractivity contribution in [2.75, 3.05) is 0 Å². The fourth-order valence-electron chi connectivity index (χ4n) is 0.417. The normalized spacial score (nSPS) is 9.50. The highest BCUT2D eigenvalue weighted by Gasteiger charge is 1.95. The predicted octanol–water partition coefficient (Wildman–Crippen LogP) is 1.69. The Bertz CT molecular complexity index is 250. The van der Waals surface area contributed by atoms with Crippen molar-refractivity contribution >= 4 is 46.3 Å². The second-order valence-corrected chi connectivity index (χ2v) is 3.47. The predicted molar refractivity (Wildman–Crippen MR) is 49.7 cm³/mol. The summed E-state index contributed by atoms with van der Waals surface area (Å²) in [4.78, 5) is 7.84. The molecule has 0 fully saturated rings. The van der Waals surface area contributed by atoms with Gasteiger partial charge in [0.1, 0.15) is 10.2 Å². The van der Waals surface area contributed by atoms with E-state index in [1.165, 1.54) is 11.5 Å². The minimum absolute atomic E-state index is 0.399. The van der Waals surface area contributed by atoms with Gasteiger partial charge in [0.15, 0.2) is 0 Å². The molecule has 10 heavy (non-hydrogen) atoms. The van der Waals surface area contributed by atoms with Crippen molar-refractivity contribution in [1.82, 2.24) is 9.36 Å². The minimum atomic E-state index is 0.399. The van der Waals surface area contributed by atoms with Crippen molar-refractivity contribution in [3.8, 4) is 0 Å². The van der Waals surface area contributed by atoms with Gasteiger partial charge in [-0.1, -0.05) is 0 Å². The van der Waals surface area contributed by atoms with Gasteiger partial charge in [-0.3, -0.25) is 0 Å². The molecule has 54 valence electrons. The van der Waals surface area contributed by atoms with Crippen LogP contribution in [0.1, 0.15) is 5.82 Å². The van der Waals surface area contributed by atoms with E-state index in [-0.39, 0.29) is 0 Å². The first-order valence-electron chi connectivity index (χ1n) is 2.45. The summed E-state index contributed by atoms with van der Waals surface area (Å²) in [7, 11) is 0. The quantitative estimate of drug-likeness (QED) is 0.403. The van der Waals surface area contributed by atoms with Crippen LogP contribution in [0.2, 0.25) is 0 Å². The van der Waals surface area contributed by atoms with Gasteiger partial charge in [0, 0.05) is 11.5 Å². The molecule has 0 unspecified atom stereocenters. The van der Waals surface area contributed by atoms with E-state index in [2.05, 4.69) is 39.6 Å². The van der Waals surface area contributed by atoms with Crippen LogP contribution in [0, 0.1) is 6.92 Å². The molecule has 6 heteroatoms. The third-order valence-electron chi connectivity index (χ3n) is 0.712. The second-order valence-electron chi connectivity index (χ2n) is 1.54. The fraction of sp³-hybridized carbons (Fsp3) is 0.250. The van der Waals surface area contributed by atoms with E-state index in [1.807, 2.05) is 6.92 Å². The Kier molecular flexibility index (Phi) is 2.70. The molecule has 0 radical (unpaired) electrons. The van der Waals surface area contributed by atoms with Crippen LogP contribution >= 0.6 is 36.8 Å². The lowest BCUT2D eigenvalue weighted by Crippen LogP contribution is -1.71. The molecule has 0 aliphatic rings. The number of aliphatic imine (C=N–C) groups is 1.